The average molecular weight is 242 g/mol. The van der Waals surface area contributed by atoms with Gasteiger partial charge in [-0.3, -0.25) is 0 Å². The van der Waals surface area contributed by atoms with Crippen LogP contribution in [0.3, 0.4) is 0 Å². The van der Waals surface area contributed by atoms with E-state index in [0.29, 0.717) is 0 Å². The number of nitrogens with two attached hydrogens (primary N) is 1. The number of hydrogen-bond donors (Lipinski definition) is 1. The second kappa shape index (κ2) is 4.44. The molecule has 2 nitrogen and oxygen atoms in total. The highest BCUT2D eigenvalue weighted by molar-refractivity contribution is 9.10. The fourth-order valence-corrected chi connectivity index (χ4v) is 1.65. The topological polar surface area (TPSA) is 35.2 Å². The van der Waals surface area contributed by atoms with E-state index in [9.17, 15) is 0 Å². The number of rotatable bonds is 3. The van der Waals surface area contributed by atoms with Crippen molar-refractivity contribution < 1.29 is 4.74 Å². The highest BCUT2D eigenvalue weighted by Gasteiger charge is 2.06. The monoisotopic (exact) mass is 241 g/mol. The number of ether oxygens (including phenoxy) is 1. The third-order valence-electron chi connectivity index (χ3n) is 1.82. The maximum atomic E-state index is 5.80. The van der Waals surface area contributed by atoms with Gasteiger partial charge in [0.05, 0.1) is 7.11 Å². The van der Waals surface area contributed by atoms with Crippen LogP contribution in [0.15, 0.2) is 35.3 Å². The van der Waals surface area contributed by atoms with Gasteiger partial charge < -0.3 is 10.5 Å². The van der Waals surface area contributed by atoms with E-state index in [2.05, 4.69) is 22.5 Å². The third kappa shape index (κ3) is 2.32. The van der Waals surface area contributed by atoms with Gasteiger partial charge in [-0.2, -0.15) is 0 Å². The van der Waals surface area contributed by atoms with E-state index in [0.717, 1.165) is 15.8 Å². The summed E-state index contributed by atoms with van der Waals surface area (Å²) in [5.41, 5.74) is 6.81. The van der Waals surface area contributed by atoms with Crippen molar-refractivity contribution in [2.45, 2.75) is 6.04 Å². The van der Waals surface area contributed by atoms with Gasteiger partial charge in [0.1, 0.15) is 5.75 Å². The zero-order chi connectivity index (χ0) is 9.84. The summed E-state index contributed by atoms with van der Waals surface area (Å²) >= 11 is 3.42. The van der Waals surface area contributed by atoms with Crippen molar-refractivity contribution in [1.29, 1.82) is 0 Å². The lowest BCUT2D eigenvalue weighted by Crippen LogP contribution is -2.07. The van der Waals surface area contributed by atoms with Crippen molar-refractivity contribution in [3.8, 4) is 5.75 Å². The Balaban J connectivity index is 3.04. The summed E-state index contributed by atoms with van der Waals surface area (Å²) in [5, 5.41) is 0. The van der Waals surface area contributed by atoms with E-state index in [-0.39, 0.29) is 6.04 Å². The molecule has 0 radical (unpaired) electrons. The standard InChI is InChI=1S/C10H12BrNO/c1-3-10(12)8-5-4-7(13-2)6-9(8)11/h3-6,10H,1,12H2,2H3. The molecular weight excluding hydrogens is 230 g/mol. The van der Waals surface area contributed by atoms with Crippen molar-refractivity contribution in [1.82, 2.24) is 0 Å². The molecule has 1 aromatic carbocycles. The van der Waals surface area contributed by atoms with Crippen LogP contribution in [0.5, 0.6) is 5.75 Å². The number of methoxy groups -OCH3 is 1. The molecule has 0 saturated heterocycles. The van der Waals surface area contributed by atoms with Crippen LogP contribution >= 0.6 is 15.9 Å². The molecule has 1 atom stereocenters. The van der Waals surface area contributed by atoms with Crippen LogP contribution in [0, 0.1) is 0 Å². The minimum Gasteiger partial charge on any atom is -0.497 e. The summed E-state index contributed by atoms with van der Waals surface area (Å²) in [4.78, 5) is 0. The Labute approximate surface area is 86.5 Å². The first kappa shape index (κ1) is 10.3. The van der Waals surface area contributed by atoms with E-state index in [4.69, 9.17) is 10.5 Å². The molecule has 0 aromatic heterocycles. The van der Waals surface area contributed by atoms with Crippen LogP contribution in [0.25, 0.3) is 0 Å². The molecule has 0 heterocycles. The first-order valence-corrected chi connectivity index (χ1v) is 4.70. The maximum Gasteiger partial charge on any atom is 0.120 e. The van der Waals surface area contributed by atoms with E-state index in [1.807, 2.05) is 18.2 Å². The fourth-order valence-electron chi connectivity index (χ4n) is 1.03. The van der Waals surface area contributed by atoms with Gasteiger partial charge in [0.15, 0.2) is 0 Å². The van der Waals surface area contributed by atoms with Crippen LogP contribution in [-0.4, -0.2) is 7.11 Å². The summed E-state index contributed by atoms with van der Waals surface area (Å²) in [6.45, 7) is 3.64. The zero-order valence-electron chi connectivity index (χ0n) is 7.46. The van der Waals surface area contributed by atoms with Crippen LogP contribution in [0.4, 0.5) is 0 Å². The van der Waals surface area contributed by atoms with Gasteiger partial charge in [-0.1, -0.05) is 28.1 Å². The largest absolute Gasteiger partial charge is 0.497 e. The Hall–Kier alpha value is -0.800. The van der Waals surface area contributed by atoms with Crippen molar-refractivity contribution in [2.75, 3.05) is 7.11 Å². The molecule has 1 rings (SSSR count). The Morgan fingerprint density at radius 3 is 2.77 bits per heavy atom. The van der Waals surface area contributed by atoms with E-state index in [1.54, 1.807) is 13.2 Å². The fraction of sp³-hybridized carbons (Fsp3) is 0.200. The summed E-state index contributed by atoms with van der Waals surface area (Å²) < 4.78 is 6.01. The zero-order valence-corrected chi connectivity index (χ0v) is 9.04. The molecule has 0 aliphatic heterocycles. The van der Waals surface area contributed by atoms with Gasteiger partial charge in [0.25, 0.3) is 0 Å². The lowest BCUT2D eigenvalue weighted by Gasteiger charge is -2.10. The van der Waals surface area contributed by atoms with Crippen LogP contribution in [0.2, 0.25) is 0 Å². The van der Waals surface area contributed by atoms with Gasteiger partial charge >= 0.3 is 0 Å². The van der Waals surface area contributed by atoms with Crippen LogP contribution in [0.1, 0.15) is 11.6 Å². The molecule has 0 bridgehead atoms. The van der Waals surface area contributed by atoms with Crippen molar-refractivity contribution >= 4 is 15.9 Å². The molecule has 13 heavy (non-hydrogen) atoms. The van der Waals surface area contributed by atoms with Crippen molar-refractivity contribution in [3.63, 3.8) is 0 Å². The SMILES string of the molecule is C=CC(N)c1ccc(OC)cc1Br. The molecule has 1 unspecified atom stereocenters. The highest BCUT2D eigenvalue weighted by Crippen LogP contribution is 2.26. The lowest BCUT2D eigenvalue weighted by atomic mass is 10.1. The summed E-state index contributed by atoms with van der Waals surface area (Å²) in [6.07, 6.45) is 1.70. The average Bonchev–Trinajstić information content (AvgIpc) is 2.16. The molecule has 70 valence electrons. The van der Waals surface area contributed by atoms with E-state index >= 15 is 0 Å². The van der Waals surface area contributed by atoms with Gasteiger partial charge in [-0.15, -0.1) is 6.58 Å². The maximum absolute atomic E-state index is 5.80. The third-order valence-corrected chi connectivity index (χ3v) is 2.51. The minimum atomic E-state index is -0.139. The van der Waals surface area contributed by atoms with Crippen molar-refractivity contribution in [3.05, 3.63) is 40.9 Å². The second-order valence-corrected chi connectivity index (χ2v) is 3.50. The number of benzene rings is 1. The van der Waals surface area contributed by atoms with Crippen molar-refractivity contribution in [2.24, 2.45) is 5.73 Å². The predicted octanol–water partition coefficient (Wildman–Crippen LogP) is 2.64. The Bertz CT molecular complexity index is 312. The van der Waals surface area contributed by atoms with E-state index < -0.39 is 0 Å². The molecule has 2 N–H and O–H groups in total. The molecule has 0 amide bonds. The summed E-state index contributed by atoms with van der Waals surface area (Å²) in [7, 11) is 1.63. The summed E-state index contributed by atoms with van der Waals surface area (Å²) in [6, 6.07) is 5.55. The predicted molar refractivity (Wildman–Crippen MR) is 57.8 cm³/mol. The van der Waals surface area contributed by atoms with Gasteiger partial charge in [-0.05, 0) is 17.7 Å². The van der Waals surface area contributed by atoms with Gasteiger partial charge in [0.2, 0.25) is 0 Å². The van der Waals surface area contributed by atoms with E-state index in [1.165, 1.54) is 0 Å². The molecule has 0 aliphatic rings. The van der Waals surface area contributed by atoms with Gasteiger partial charge in [0, 0.05) is 10.5 Å². The molecule has 3 heteroatoms. The van der Waals surface area contributed by atoms with Crippen LogP contribution < -0.4 is 10.5 Å². The second-order valence-electron chi connectivity index (χ2n) is 2.65. The number of hydrogen-bond acceptors (Lipinski definition) is 2. The summed E-state index contributed by atoms with van der Waals surface area (Å²) in [5.74, 6) is 0.812. The first-order valence-electron chi connectivity index (χ1n) is 3.90. The Morgan fingerprint density at radius 2 is 2.31 bits per heavy atom. The smallest absolute Gasteiger partial charge is 0.120 e. The Morgan fingerprint density at radius 1 is 1.62 bits per heavy atom. The number of halogens is 1. The molecule has 0 saturated carbocycles. The normalized spacial score (nSPS) is 12.2. The molecule has 0 aliphatic carbocycles. The Kier molecular flexibility index (Phi) is 3.51. The quantitative estimate of drug-likeness (QED) is 0.827. The lowest BCUT2D eigenvalue weighted by molar-refractivity contribution is 0.414. The molecule has 1 aromatic rings. The van der Waals surface area contributed by atoms with Gasteiger partial charge in [-0.25, -0.2) is 0 Å². The highest BCUT2D eigenvalue weighted by atomic mass is 79.9. The minimum absolute atomic E-state index is 0.139. The molecule has 0 fully saturated rings. The molecular formula is C10H12BrNO. The molecule has 0 spiro atoms. The first-order chi connectivity index (χ1) is 6.19. The van der Waals surface area contributed by atoms with Crippen LogP contribution in [-0.2, 0) is 0 Å².